The first-order valence-corrected chi connectivity index (χ1v) is 7.92. The van der Waals surface area contributed by atoms with Gasteiger partial charge in [-0.15, -0.1) is 0 Å². The second-order valence-electron chi connectivity index (χ2n) is 6.02. The van der Waals surface area contributed by atoms with Crippen LogP contribution in [0.2, 0.25) is 0 Å². The number of para-hydroxylation sites is 1. The van der Waals surface area contributed by atoms with Crippen molar-refractivity contribution >= 4 is 22.7 Å². The normalized spacial score (nSPS) is 11.0. The van der Waals surface area contributed by atoms with Crippen LogP contribution in [0.25, 0.3) is 10.9 Å². The predicted octanol–water partition coefficient (Wildman–Crippen LogP) is 4.33. The SMILES string of the molecule is CC(C)c1ccc(C(=O)COC(=O)c2c[nH]c3ccccc23)cc1. The number of nitrogens with one attached hydrogen (secondary N) is 1. The molecule has 0 radical (unpaired) electrons. The van der Waals surface area contributed by atoms with E-state index >= 15 is 0 Å². The number of hydrogen-bond acceptors (Lipinski definition) is 3. The molecule has 1 N–H and O–H groups in total. The molecular formula is C20H19NO3. The van der Waals surface area contributed by atoms with Gasteiger partial charge in [-0.2, -0.15) is 0 Å². The number of fused-ring (bicyclic) bond motifs is 1. The minimum Gasteiger partial charge on any atom is -0.454 e. The summed E-state index contributed by atoms with van der Waals surface area (Å²) in [6.07, 6.45) is 1.61. The highest BCUT2D eigenvalue weighted by Crippen LogP contribution is 2.19. The van der Waals surface area contributed by atoms with Crippen LogP contribution in [0.15, 0.2) is 54.7 Å². The molecule has 1 heterocycles. The zero-order valence-electron chi connectivity index (χ0n) is 13.7. The molecule has 3 rings (SSSR count). The van der Waals surface area contributed by atoms with Crippen LogP contribution in [0, 0.1) is 0 Å². The highest BCUT2D eigenvalue weighted by atomic mass is 16.5. The maximum absolute atomic E-state index is 12.2. The highest BCUT2D eigenvalue weighted by molar-refractivity contribution is 6.05. The molecule has 0 unspecified atom stereocenters. The molecule has 0 spiro atoms. The lowest BCUT2D eigenvalue weighted by atomic mass is 10.0. The van der Waals surface area contributed by atoms with Gasteiger partial charge in [-0.1, -0.05) is 56.3 Å². The van der Waals surface area contributed by atoms with Gasteiger partial charge in [-0.05, 0) is 17.5 Å². The molecule has 0 aliphatic heterocycles. The van der Waals surface area contributed by atoms with Crippen molar-refractivity contribution in [2.45, 2.75) is 19.8 Å². The molecule has 24 heavy (non-hydrogen) atoms. The Morgan fingerprint density at radius 3 is 2.46 bits per heavy atom. The molecule has 1 aromatic heterocycles. The second kappa shape index (κ2) is 6.71. The summed E-state index contributed by atoms with van der Waals surface area (Å²) >= 11 is 0. The number of carbonyl (C=O) groups excluding carboxylic acids is 2. The minimum absolute atomic E-state index is 0.210. The van der Waals surface area contributed by atoms with Gasteiger partial charge < -0.3 is 9.72 Å². The van der Waals surface area contributed by atoms with Crippen LogP contribution >= 0.6 is 0 Å². The van der Waals surface area contributed by atoms with Crippen LogP contribution in [-0.4, -0.2) is 23.3 Å². The molecule has 0 fully saturated rings. The average molecular weight is 321 g/mol. The fourth-order valence-corrected chi connectivity index (χ4v) is 2.59. The zero-order chi connectivity index (χ0) is 17.1. The third-order valence-corrected chi connectivity index (χ3v) is 4.04. The molecule has 0 saturated heterocycles. The Balaban J connectivity index is 1.66. The third-order valence-electron chi connectivity index (χ3n) is 4.04. The molecule has 0 atom stereocenters. The quantitative estimate of drug-likeness (QED) is 0.562. The monoisotopic (exact) mass is 321 g/mol. The van der Waals surface area contributed by atoms with Crippen molar-refractivity contribution in [3.05, 3.63) is 71.4 Å². The van der Waals surface area contributed by atoms with Crippen LogP contribution in [-0.2, 0) is 4.74 Å². The van der Waals surface area contributed by atoms with Crippen LogP contribution in [0.3, 0.4) is 0 Å². The summed E-state index contributed by atoms with van der Waals surface area (Å²) in [6, 6.07) is 14.9. The van der Waals surface area contributed by atoms with E-state index in [9.17, 15) is 9.59 Å². The molecule has 4 nitrogen and oxygen atoms in total. The minimum atomic E-state index is -0.500. The summed E-state index contributed by atoms with van der Waals surface area (Å²) in [6.45, 7) is 3.93. The van der Waals surface area contributed by atoms with Crippen molar-refractivity contribution in [2.75, 3.05) is 6.61 Å². The van der Waals surface area contributed by atoms with Crippen LogP contribution in [0.5, 0.6) is 0 Å². The molecule has 0 bridgehead atoms. The zero-order valence-corrected chi connectivity index (χ0v) is 13.7. The molecule has 0 amide bonds. The Morgan fingerprint density at radius 1 is 1.04 bits per heavy atom. The standard InChI is InChI=1S/C20H19NO3/c1-13(2)14-7-9-15(10-8-14)19(22)12-24-20(23)17-11-21-18-6-4-3-5-16(17)18/h3-11,13,21H,12H2,1-2H3. The summed E-state index contributed by atoms with van der Waals surface area (Å²) in [5, 5.41) is 0.788. The molecule has 2 aromatic carbocycles. The Hall–Kier alpha value is -2.88. The number of aromatic nitrogens is 1. The summed E-state index contributed by atoms with van der Waals surface area (Å²) in [4.78, 5) is 27.4. The second-order valence-corrected chi connectivity index (χ2v) is 6.02. The van der Waals surface area contributed by atoms with Gasteiger partial charge in [0.25, 0.3) is 0 Å². The van der Waals surface area contributed by atoms with Crippen molar-refractivity contribution < 1.29 is 14.3 Å². The van der Waals surface area contributed by atoms with E-state index in [0.717, 1.165) is 10.9 Å². The number of esters is 1. The van der Waals surface area contributed by atoms with Crippen LogP contribution in [0.1, 0.15) is 46.0 Å². The number of ether oxygens (including phenoxy) is 1. The number of H-pyrrole nitrogens is 1. The Morgan fingerprint density at radius 2 is 1.75 bits per heavy atom. The van der Waals surface area contributed by atoms with Gasteiger partial charge >= 0.3 is 5.97 Å². The number of carbonyl (C=O) groups is 2. The topological polar surface area (TPSA) is 59.2 Å². The number of ketones is 1. The summed E-state index contributed by atoms with van der Waals surface area (Å²) in [5.41, 5.74) is 3.02. The molecular weight excluding hydrogens is 302 g/mol. The van der Waals surface area contributed by atoms with Gasteiger partial charge in [-0.25, -0.2) is 4.79 Å². The largest absolute Gasteiger partial charge is 0.454 e. The van der Waals surface area contributed by atoms with E-state index in [1.165, 1.54) is 5.56 Å². The smallest absolute Gasteiger partial charge is 0.340 e. The van der Waals surface area contributed by atoms with Crippen molar-refractivity contribution in [3.8, 4) is 0 Å². The molecule has 0 aliphatic rings. The van der Waals surface area contributed by atoms with Crippen molar-refractivity contribution in [1.29, 1.82) is 0 Å². The predicted molar refractivity (Wildman–Crippen MR) is 93.4 cm³/mol. The van der Waals surface area contributed by atoms with Gasteiger partial charge in [0.15, 0.2) is 12.4 Å². The van der Waals surface area contributed by atoms with Crippen LogP contribution < -0.4 is 0 Å². The molecule has 4 heteroatoms. The lowest BCUT2D eigenvalue weighted by Crippen LogP contribution is -2.14. The fraction of sp³-hybridized carbons (Fsp3) is 0.200. The first-order chi connectivity index (χ1) is 11.6. The van der Waals surface area contributed by atoms with E-state index < -0.39 is 5.97 Å². The Kier molecular flexibility index (Phi) is 4.47. The van der Waals surface area contributed by atoms with E-state index in [4.69, 9.17) is 4.74 Å². The van der Waals surface area contributed by atoms with Gasteiger partial charge in [0.1, 0.15) is 0 Å². The van der Waals surface area contributed by atoms with E-state index in [-0.39, 0.29) is 12.4 Å². The maximum Gasteiger partial charge on any atom is 0.340 e. The number of benzene rings is 2. The molecule has 122 valence electrons. The van der Waals surface area contributed by atoms with E-state index in [1.807, 2.05) is 36.4 Å². The number of Topliss-reactive ketones (excluding diaryl/α,β-unsaturated/α-hetero) is 1. The average Bonchev–Trinajstić information content (AvgIpc) is 3.03. The number of hydrogen-bond donors (Lipinski definition) is 1. The van der Waals surface area contributed by atoms with Crippen molar-refractivity contribution in [2.24, 2.45) is 0 Å². The van der Waals surface area contributed by atoms with Crippen LogP contribution in [0.4, 0.5) is 0 Å². The third kappa shape index (κ3) is 3.23. The van der Waals surface area contributed by atoms with Crippen molar-refractivity contribution in [3.63, 3.8) is 0 Å². The number of rotatable bonds is 5. The van der Waals surface area contributed by atoms with Gasteiger partial charge in [-0.3, -0.25) is 4.79 Å². The summed E-state index contributed by atoms with van der Waals surface area (Å²) in [5.74, 6) is -0.299. The summed E-state index contributed by atoms with van der Waals surface area (Å²) in [7, 11) is 0. The molecule has 3 aromatic rings. The van der Waals surface area contributed by atoms with E-state index in [2.05, 4.69) is 18.8 Å². The lowest BCUT2D eigenvalue weighted by molar-refractivity contribution is 0.0477. The lowest BCUT2D eigenvalue weighted by Gasteiger charge is -2.07. The highest BCUT2D eigenvalue weighted by Gasteiger charge is 2.15. The molecule has 0 aliphatic carbocycles. The Bertz CT molecular complexity index is 875. The van der Waals surface area contributed by atoms with Gasteiger partial charge in [0.2, 0.25) is 0 Å². The fourth-order valence-electron chi connectivity index (χ4n) is 2.59. The number of aromatic amines is 1. The first kappa shape index (κ1) is 16.0. The van der Waals surface area contributed by atoms with Gasteiger partial charge in [0, 0.05) is 22.7 Å². The van der Waals surface area contributed by atoms with E-state index in [1.54, 1.807) is 18.3 Å². The summed E-state index contributed by atoms with van der Waals surface area (Å²) < 4.78 is 5.18. The molecule has 0 saturated carbocycles. The van der Waals surface area contributed by atoms with E-state index in [0.29, 0.717) is 17.0 Å². The first-order valence-electron chi connectivity index (χ1n) is 7.92. The van der Waals surface area contributed by atoms with Crippen molar-refractivity contribution in [1.82, 2.24) is 4.98 Å². The Labute approximate surface area is 140 Å². The maximum atomic E-state index is 12.2. The van der Waals surface area contributed by atoms with Gasteiger partial charge in [0.05, 0.1) is 5.56 Å².